The fourth-order valence-electron chi connectivity index (χ4n) is 4.79. The molecular formula is C43H41N. The van der Waals surface area contributed by atoms with Crippen LogP contribution in [-0.2, 0) is 0 Å². The third-order valence-corrected chi connectivity index (χ3v) is 7.43. The monoisotopic (exact) mass is 571 g/mol. The zero-order valence-corrected chi connectivity index (χ0v) is 25.9. The van der Waals surface area contributed by atoms with Crippen molar-refractivity contribution >= 4 is 11.4 Å². The van der Waals surface area contributed by atoms with Gasteiger partial charge < -0.3 is 4.90 Å². The van der Waals surface area contributed by atoms with Gasteiger partial charge in [-0.1, -0.05) is 159 Å². The van der Waals surface area contributed by atoms with Gasteiger partial charge in [-0.25, -0.2) is 0 Å². The molecule has 1 heteroatoms. The Kier molecular flexibility index (Phi) is 11.7. The summed E-state index contributed by atoms with van der Waals surface area (Å²) in [6.07, 6.45) is 18.1. The number of benzene rings is 4. The molecule has 4 aromatic carbocycles. The largest absolute Gasteiger partial charge is 0.338 e. The molecule has 44 heavy (non-hydrogen) atoms. The van der Waals surface area contributed by atoms with Crippen LogP contribution in [0.3, 0.4) is 0 Å². The summed E-state index contributed by atoms with van der Waals surface area (Å²) in [5.74, 6) is 0. The van der Waals surface area contributed by atoms with Crippen molar-refractivity contribution in [2.75, 3.05) is 11.4 Å². The Bertz CT molecular complexity index is 1690. The van der Waals surface area contributed by atoms with Gasteiger partial charge in [-0.15, -0.1) is 0 Å². The van der Waals surface area contributed by atoms with E-state index in [9.17, 15) is 0 Å². The molecule has 0 aliphatic carbocycles. The van der Waals surface area contributed by atoms with E-state index in [1.165, 1.54) is 22.3 Å². The van der Waals surface area contributed by atoms with Gasteiger partial charge in [0.15, 0.2) is 0 Å². The first-order valence-corrected chi connectivity index (χ1v) is 14.9. The summed E-state index contributed by atoms with van der Waals surface area (Å²) in [7, 11) is 0. The Labute approximate surface area is 264 Å². The molecule has 0 aliphatic heterocycles. The van der Waals surface area contributed by atoms with E-state index >= 15 is 0 Å². The lowest BCUT2D eigenvalue weighted by atomic mass is 10.00. The van der Waals surface area contributed by atoms with Crippen LogP contribution < -0.4 is 4.90 Å². The Morgan fingerprint density at radius 1 is 0.568 bits per heavy atom. The third-order valence-electron chi connectivity index (χ3n) is 7.43. The summed E-state index contributed by atoms with van der Waals surface area (Å²) in [6, 6.07) is 38.6. The molecule has 0 unspecified atom stereocenters. The normalized spacial score (nSPS) is 12.5. The van der Waals surface area contributed by atoms with Crippen LogP contribution in [0.2, 0.25) is 0 Å². The molecule has 0 radical (unpaired) electrons. The van der Waals surface area contributed by atoms with Crippen molar-refractivity contribution in [2.45, 2.75) is 13.8 Å². The van der Waals surface area contributed by atoms with E-state index in [1.807, 2.05) is 30.4 Å². The minimum atomic E-state index is 0.717. The summed E-state index contributed by atoms with van der Waals surface area (Å²) in [5, 5.41) is 0. The molecule has 4 rings (SSSR count). The van der Waals surface area contributed by atoms with Crippen molar-refractivity contribution in [3.8, 4) is 22.3 Å². The van der Waals surface area contributed by atoms with Crippen molar-refractivity contribution in [1.82, 2.24) is 0 Å². The summed E-state index contributed by atoms with van der Waals surface area (Å²) in [6.45, 7) is 16.7. The van der Waals surface area contributed by atoms with Gasteiger partial charge in [-0.3, -0.25) is 0 Å². The summed E-state index contributed by atoms with van der Waals surface area (Å²) < 4.78 is 0. The second-order valence-corrected chi connectivity index (χ2v) is 10.5. The zero-order chi connectivity index (χ0) is 31.1. The molecule has 0 saturated heterocycles. The fraction of sp³-hybridized carbons (Fsp3) is 0.0698. The van der Waals surface area contributed by atoms with Gasteiger partial charge in [0, 0.05) is 17.9 Å². The second-order valence-electron chi connectivity index (χ2n) is 10.5. The molecule has 4 aromatic rings. The predicted octanol–water partition coefficient (Wildman–Crippen LogP) is 12.0. The summed E-state index contributed by atoms with van der Waals surface area (Å²) in [4.78, 5) is 2.32. The highest BCUT2D eigenvalue weighted by atomic mass is 15.1. The number of para-hydroxylation sites is 1. The molecule has 0 atom stereocenters. The zero-order valence-electron chi connectivity index (χ0n) is 25.9. The average molecular weight is 572 g/mol. The number of nitrogens with zero attached hydrogens (tertiary/aromatic N) is 1. The highest BCUT2D eigenvalue weighted by Gasteiger charge is 2.09. The first-order valence-electron chi connectivity index (χ1n) is 14.9. The van der Waals surface area contributed by atoms with E-state index in [1.54, 1.807) is 6.08 Å². The molecule has 218 valence electrons. The van der Waals surface area contributed by atoms with E-state index in [4.69, 9.17) is 0 Å². The maximum absolute atomic E-state index is 4.13. The van der Waals surface area contributed by atoms with Crippen LogP contribution in [0.25, 0.3) is 22.3 Å². The Hall–Kier alpha value is -5.40. The number of allylic oxidation sites excluding steroid dienone is 12. The first kappa shape index (κ1) is 31.5. The molecule has 0 fully saturated rings. The molecule has 0 amide bonds. The van der Waals surface area contributed by atoms with Gasteiger partial charge in [0.2, 0.25) is 0 Å². The maximum atomic E-state index is 4.13. The van der Waals surface area contributed by atoms with Gasteiger partial charge in [0.1, 0.15) is 0 Å². The third kappa shape index (κ3) is 8.80. The van der Waals surface area contributed by atoms with Crippen LogP contribution in [0.4, 0.5) is 11.4 Å². The topological polar surface area (TPSA) is 3.24 Å². The Balaban J connectivity index is 1.53. The van der Waals surface area contributed by atoms with E-state index in [-0.39, 0.29) is 0 Å². The van der Waals surface area contributed by atoms with Crippen molar-refractivity contribution in [3.05, 3.63) is 206 Å². The van der Waals surface area contributed by atoms with Gasteiger partial charge in [-0.05, 0) is 82.7 Å². The molecule has 0 spiro atoms. The number of rotatable bonds is 13. The van der Waals surface area contributed by atoms with Crippen LogP contribution in [-0.4, -0.2) is 6.54 Å². The van der Waals surface area contributed by atoms with Gasteiger partial charge in [0.25, 0.3) is 0 Å². The molecular weight excluding hydrogens is 530 g/mol. The van der Waals surface area contributed by atoms with Crippen LogP contribution in [0.15, 0.2) is 206 Å². The minimum Gasteiger partial charge on any atom is -0.338 e. The van der Waals surface area contributed by atoms with Crippen molar-refractivity contribution in [3.63, 3.8) is 0 Å². The van der Waals surface area contributed by atoms with E-state index in [0.717, 1.165) is 40.2 Å². The number of hydrogen-bond donors (Lipinski definition) is 0. The van der Waals surface area contributed by atoms with E-state index in [2.05, 4.69) is 166 Å². The molecule has 0 aromatic heterocycles. The lowest BCUT2D eigenvalue weighted by Gasteiger charge is -2.24. The predicted molar refractivity (Wildman–Crippen MR) is 194 cm³/mol. The Morgan fingerprint density at radius 2 is 1.07 bits per heavy atom. The number of anilines is 2. The van der Waals surface area contributed by atoms with Crippen LogP contribution >= 0.6 is 0 Å². The minimum absolute atomic E-state index is 0.717. The van der Waals surface area contributed by atoms with Crippen LogP contribution in [0.5, 0.6) is 0 Å². The molecule has 1 nitrogen and oxygen atoms in total. The molecule has 0 saturated carbocycles. The summed E-state index contributed by atoms with van der Waals surface area (Å²) >= 11 is 0. The lowest BCUT2D eigenvalue weighted by Crippen LogP contribution is -2.16. The van der Waals surface area contributed by atoms with E-state index in [0.29, 0.717) is 0 Å². The molecule has 0 bridgehead atoms. The average Bonchev–Trinajstić information content (AvgIpc) is 3.08. The summed E-state index contributed by atoms with van der Waals surface area (Å²) in [5.41, 5.74) is 11.5. The number of hydrogen-bond acceptors (Lipinski definition) is 1. The molecule has 0 heterocycles. The second kappa shape index (κ2) is 16.3. The van der Waals surface area contributed by atoms with Gasteiger partial charge in [0.05, 0.1) is 0 Å². The maximum Gasteiger partial charge on any atom is 0.0415 e. The lowest BCUT2D eigenvalue weighted by molar-refractivity contribution is 1.09. The Morgan fingerprint density at radius 3 is 1.64 bits per heavy atom. The highest BCUT2D eigenvalue weighted by molar-refractivity contribution is 5.73. The van der Waals surface area contributed by atoms with Gasteiger partial charge in [-0.2, -0.15) is 0 Å². The quantitative estimate of drug-likeness (QED) is 0.144. The van der Waals surface area contributed by atoms with Crippen molar-refractivity contribution in [2.24, 2.45) is 0 Å². The standard InChI is InChI=1S/C43H41N/c1-6-8-17-34(3)35(4)23-24-36(5)37(16-7-2)20-15-33-44(42-21-13-10-14-22-42)43-31-29-41(30-32-43)40-27-25-39(26-28-40)38-18-11-9-12-19-38/h6-32H,1-3,33H2,4-5H3/b17-8-,20-15-,35-23-,36-24+,37-16?. The van der Waals surface area contributed by atoms with E-state index < -0.39 is 0 Å². The first-order chi connectivity index (χ1) is 21.5. The SMILES string of the molecule is C=CC=C(/C=C\CN(c1ccccc1)c1ccc(-c2ccc(-c3ccccc3)cc2)cc1)/C(C)=C/C=C(/C)C(=C)/C=C\C=C. The van der Waals surface area contributed by atoms with Crippen molar-refractivity contribution < 1.29 is 0 Å². The van der Waals surface area contributed by atoms with Gasteiger partial charge >= 0.3 is 0 Å². The molecule has 0 aliphatic rings. The van der Waals surface area contributed by atoms with Crippen LogP contribution in [0, 0.1) is 0 Å². The fourth-order valence-corrected chi connectivity index (χ4v) is 4.79. The highest BCUT2D eigenvalue weighted by Crippen LogP contribution is 2.30. The smallest absolute Gasteiger partial charge is 0.0415 e. The molecule has 0 N–H and O–H groups in total. The van der Waals surface area contributed by atoms with Crippen molar-refractivity contribution in [1.29, 1.82) is 0 Å². The van der Waals surface area contributed by atoms with Crippen LogP contribution in [0.1, 0.15) is 13.8 Å².